The number of hydrogen-bond acceptors (Lipinski definition) is 7. The van der Waals surface area contributed by atoms with E-state index in [0.29, 0.717) is 37.4 Å². The highest BCUT2D eigenvalue weighted by molar-refractivity contribution is 7.47. The zero-order chi connectivity index (χ0) is 29.4. The quantitative estimate of drug-likeness (QED) is 0.244. The maximum Gasteiger partial charge on any atom is 0.473 e. The van der Waals surface area contributed by atoms with Gasteiger partial charge in [0.15, 0.2) is 0 Å². The monoisotopic (exact) mass is 564 g/mol. The first-order valence-corrected chi connectivity index (χ1v) is 15.1. The van der Waals surface area contributed by atoms with Crippen molar-refractivity contribution in [3.8, 4) is 11.5 Å². The van der Waals surface area contributed by atoms with Crippen molar-refractivity contribution in [1.29, 1.82) is 0 Å². The van der Waals surface area contributed by atoms with Gasteiger partial charge in [0.25, 0.3) is 0 Å². The molecule has 39 heavy (non-hydrogen) atoms. The van der Waals surface area contributed by atoms with E-state index in [9.17, 15) is 9.46 Å². The first kappa shape index (κ1) is 33.3. The molecule has 0 saturated heterocycles. The molecule has 1 N–H and O–H groups in total. The molecule has 8 nitrogen and oxygen atoms in total. The zero-order valence-electron chi connectivity index (χ0n) is 25.4. The molecule has 0 unspecified atom stereocenters. The summed E-state index contributed by atoms with van der Waals surface area (Å²) in [6.07, 6.45) is 0.906. The van der Waals surface area contributed by atoms with Gasteiger partial charge in [-0.25, -0.2) is 4.57 Å². The van der Waals surface area contributed by atoms with E-state index < -0.39 is 19.0 Å². The van der Waals surface area contributed by atoms with Crippen molar-refractivity contribution in [2.75, 3.05) is 55.5 Å². The number of methoxy groups -OCH3 is 2. The Morgan fingerprint density at radius 2 is 1.13 bits per heavy atom. The summed E-state index contributed by atoms with van der Waals surface area (Å²) in [6, 6.07) is 15.0. The lowest BCUT2D eigenvalue weighted by atomic mass is 9.80. The topological polar surface area (TPSA) is 80.7 Å². The van der Waals surface area contributed by atoms with Gasteiger partial charge in [0, 0.05) is 24.9 Å². The number of ether oxygens (including phenoxy) is 2. The van der Waals surface area contributed by atoms with Gasteiger partial charge < -0.3 is 24.2 Å². The number of rotatable bonds is 16. The third kappa shape index (κ3) is 8.06. The van der Waals surface area contributed by atoms with E-state index >= 15 is 0 Å². The molecule has 0 aliphatic rings. The Morgan fingerprint density at radius 1 is 0.769 bits per heavy atom. The molecule has 0 aliphatic heterocycles. The van der Waals surface area contributed by atoms with Crippen LogP contribution in [0.25, 0.3) is 0 Å². The van der Waals surface area contributed by atoms with E-state index in [0.717, 1.165) is 11.1 Å². The van der Waals surface area contributed by atoms with Gasteiger partial charge in [-0.15, -0.1) is 0 Å². The average molecular weight is 565 g/mol. The molecule has 2 aromatic carbocycles. The molecule has 0 saturated carbocycles. The minimum atomic E-state index is -4.66. The lowest BCUT2D eigenvalue weighted by Gasteiger charge is -2.44. The van der Waals surface area contributed by atoms with Crippen molar-refractivity contribution in [2.45, 2.75) is 51.7 Å². The summed E-state index contributed by atoms with van der Waals surface area (Å²) in [5.74, 6) is 0.999. The van der Waals surface area contributed by atoms with Crippen molar-refractivity contribution < 1.29 is 28.0 Å². The highest BCUT2D eigenvalue weighted by Crippen LogP contribution is 2.60. The predicted molar refractivity (Wildman–Crippen MR) is 157 cm³/mol. The Morgan fingerprint density at radius 3 is 1.41 bits per heavy atom. The Labute approximate surface area is 235 Å². The highest BCUT2D eigenvalue weighted by Gasteiger charge is 2.50. The fourth-order valence-corrected chi connectivity index (χ4v) is 7.37. The van der Waals surface area contributed by atoms with Crippen molar-refractivity contribution in [3.63, 3.8) is 0 Å². The molecule has 0 heterocycles. The summed E-state index contributed by atoms with van der Waals surface area (Å²) < 4.78 is 37.9. The summed E-state index contributed by atoms with van der Waals surface area (Å²) in [5, 5.41) is 0. The van der Waals surface area contributed by atoms with Crippen LogP contribution >= 0.6 is 7.82 Å². The lowest BCUT2D eigenvalue weighted by molar-refractivity contribution is -0.0797. The highest BCUT2D eigenvalue weighted by atomic mass is 31.2. The predicted octanol–water partition coefficient (Wildman–Crippen LogP) is 6.14. The summed E-state index contributed by atoms with van der Waals surface area (Å²) in [5.41, 5.74) is -0.688. The number of phosphoric acid groups is 1. The maximum absolute atomic E-state index is 14.2. The van der Waals surface area contributed by atoms with E-state index in [1.165, 1.54) is 0 Å². The van der Waals surface area contributed by atoms with Crippen LogP contribution in [-0.2, 0) is 24.8 Å². The number of hydrogen-bond donors (Lipinski definition) is 1. The van der Waals surface area contributed by atoms with Gasteiger partial charge in [-0.2, -0.15) is 0 Å². The van der Waals surface area contributed by atoms with E-state index in [-0.39, 0.29) is 11.8 Å². The van der Waals surface area contributed by atoms with E-state index in [4.69, 9.17) is 18.5 Å². The van der Waals surface area contributed by atoms with Crippen molar-refractivity contribution in [1.82, 2.24) is 9.80 Å². The molecule has 0 spiro atoms. The van der Waals surface area contributed by atoms with Crippen LogP contribution in [-0.4, -0.2) is 70.2 Å². The molecule has 0 aliphatic carbocycles. The Kier molecular flexibility index (Phi) is 12.0. The third-order valence-electron chi connectivity index (χ3n) is 7.59. The second-order valence-electron chi connectivity index (χ2n) is 10.9. The first-order chi connectivity index (χ1) is 18.3. The fourth-order valence-electron chi connectivity index (χ4n) is 5.68. The molecule has 0 aromatic heterocycles. The minimum absolute atomic E-state index is 0.152. The smallest absolute Gasteiger partial charge is 0.473 e. The van der Waals surface area contributed by atoms with Gasteiger partial charge >= 0.3 is 7.82 Å². The Bertz CT molecular complexity index is 1020. The summed E-state index contributed by atoms with van der Waals surface area (Å²) >= 11 is 0. The SMILES string of the molecule is CC[C@](OP(=O)(O)O[C@@](CC)(c1cccc(OC)c1)[C@H](C)CN(C)C)(c1cccc(OC)c1)[C@H](C)CN(C)C. The number of benzene rings is 2. The van der Waals surface area contributed by atoms with Crippen LogP contribution in [0.4, 0.5) is 0 Å². The molecular weight excluding hydrogens is 515 g/mol. The van der Waals surface area contributed by atoms with Crippen LogP contribution in [0.15, 0.2) is 48.5 Å². The van der Waals surface area contributed by atoms with Gasteiger partial charge in [0.1, 0.15) is 22.7 Å². The Hall–Kier alpha value is -1.93. The van der Waals surface area contributed by atoms with Gasteiger partial charge in [0.2, 0.25) is 0 Å². The molecule has 0 amide bonds. The van der Waals surface area contributed by atoms with Crippen molar-refractivity contribution in [2.24, 2.45) is 11.8 Å². The molecule has 0 fully saturated rings. The van der Waals surface area contributed by atoms with Crippen molar-refractivity contribution in [3.05, 3.63) is 59.7 Å². The molecule has 0 bridgehead atoms. The van der Waals surface area contributed by atoms with Crippen molar-refractivity contribution >= 4 is 7.82 Å². The summed E-state index contributed by atoms with van der Waals surface area (Å²) in [7, 11) is 6.46. The standard InChI is InChI=1S/C30H49N2O6P/c1-11-29(23(3)21-31(5)6,25-15-13-17-27(19-25)35-9)37-39(33,34)38-30(12-2,24(4)22-32(7)8)26-16-14-18-28(20-26)36-10/h13-20,23-24H,11-12,21-22H2,1-10H3,(H,33,34)/t23-,24-,29-,30-/m1/s1. The Balaban J connectivity index is 2.67. The van der Waals surface area contributed by atoms with E-state index in [1.54, 1.807) is 14.2 Å². The normalized spacial score (nSPS) is 16.9. The van der Waals surface area contributed by atoms with Crippen LogP contribution in [0.1, 0.15) is 51.7 Å². The van der Waals surface area contributed by atoms with Crippen LogP contribution in [0, 0.1) is 11.8 Å². The maximum atomic E-state index is 14.2. The molecular formula is C30H49N2O6P. The largest absolute Gasteiger partial charge is 0.497 e. The fraction of sp³-hybridized carbons (Fsp3) is 0.600. The lowest BCUT2D eigenvalue weighted by Crippen LogP contribution is -2.43. The van der Waals surface area contributed by atoms with Gasteiger partial charge in [0.05, 0.1) is 14.2 Å². The third-order valence-corrected chi connectivity index (χ3v) is 8.71. The summed E-state index contributed by atoms with van der Waals surface area (Å²) in [6.45, 7) is 9.28. The van der Waals surface area contributed by atoms with Crippen LogP contribution in [0.3, 0.4) is 0 Å². The summed E-state index contributed by atoms with van der Waals surface area (Å²) in [4.78, 5) is 15.7. The van der Waals surface area contributed by atoms with Crippen LogP contribution < -0.4 is 9.47 Å². The second-order valence-corrected chi connectivity index (χ2v) is 12.2. The molecule has 220 valence electrons. The number of nitrogens with zero attached hydrogens (tertiary/aromatic N) is 2. The first-order valence-electron chi connectivity index (χ1n) is 13.6. The van der Waals surface area contributed by atoms with Crippen LogP contribution in [0.2, 0.25) is 0 Å². The molecule has 9 heteroatoms. The van der Waals surface area contributed by atoms with Gasteiger partial charge in [-0.3, -0.25) is 9.05 Å². The second kappa shape index (κ2) is 14.1. The molecule has 2 aromatic rings. The zero-order valence-corrected chi connectivity index (χ0v) is 26.3. The molecule has 0 radical (unpaired) electrons. The van der Waals surface area contributed by atoms with Gasteiger partial charge in [-0.1, -0.05) is 52.0 Å². The van der Waals surface area contributed by atoms with Gasteiger partial charge in [-0.05, 0) is 76.4 Å². The molecule has 2 rings (SSSR count). The van der Waals surface area contributed by atoms with E-state index in [1.807, 2.05) is 114 Å². The average Bonchev–Trinajstić information content (AvgIpc) is 2.89. The molecule has 4 atom stereocenters. The van der Waals surface area contributed by atoms with E-state index in [2.05, 4.69) is 0 Å². The minimum Gasteiger partial charge on any atom is -0.497 e. The number of phosphoric ester groups is 1. The van der Waals surface area contributed by atoms with Crippen LogP contribution in [0.5, 0.6) is 11.5 Å².